The number of hydrogen-bond acceptors (Lipinski definition) is 2. The molecule has 0 spiro atoms. The minimum Gasteiger partial charge on any atom is -0.299 e. The van der Waals surface area contributed by atoms with Crippen molar-refractivity contribution in [1.29, 1.82) is 0 Å². The number of nitrogens with zero attached hydrogens (tertiary/aromatic N) is 2. The third-order valence-electron chi connectivity index (χ3n) is 7.20. The molecule has 0 N–H and O–H groups in total. The summed E-state index contributed by atoms with van der Waals surface area (Å²) in [6.45, 7) is 0. The molecular formula is C30H22Cl2N2O2. The van der Waals surface area contributed by atoms with E-state index in [2.05, 4.69) is 0 Å². The predicted molar refractivity (Wildman–Crippen MR) is 144 cm³/mol. The largest absolute Gasteiger partial charge is 0.299 e. The molecule has 0 unspecified atom stereocenters. The fourth-order valence-corrected chi connectivity index (χ4v) is 6.18. The third kappa shape index (κ3) is 3.36. The molecule has 0 saturated carbocycles. The van der Waals surface area contributed by atoms with Gasteiger partial charge < -0.3 is 0 Å². The maximum atomic E-state index is 14.2. The summed E-state index contributed by atoms with van der Waals surface area (Å²) in [4.78, 5) is 31.2. The second kappa shape index (κ2) is 8.81. The lowest BCUT2D eigenvalue weighted by Gasteiger charge is -2.55. The normalized spacial score (nSPS) is 22.8. The van der Waals surface area contributed by atoms with E-state index < -0.39 is 17.0 Å². The van der Waals surface area contributed by atoms with E-state index in [0.29, 0.717) is 28.4 Å². The van der Waals surface area contributed by atoms with Gasteiger partial charge in [0.1, 0.15) is 10.9 Å². The van der Waals surface area contributed by atoms with Crippen LogP contribution in [0, 0.1) is 0 Å². The maximum Gasteiger partial charge on any atom is 0.258 e. The lowest BCUT2D eigenvalue weighted by atomic mass is 9.72. The number of halogens is 2. The summed E-state index contributed by atoms with van der Waals surface area (Å²) in [6.07, 6.45) is 0.407. The Kier molecular flexibility index (Phi) is 5.59. The number of benzene rings is 4. The molecule has 2 aliphatic rings. The highest BCUT2D eigenvalue weighted by atomic mass is 35.5. The Bertz CT molecular complexity index is 1460. The molecule has 4 nitrogen and oxygen atoms in total. The lowest BCUT2D eigenvalue weighted by Crippen LogP contribution is -2.70. The summed E-state index contributed by atoms with van der Waals surface area (Å²) >= 11 is 13.3. The standard InChI is InChI=1S/C30H22Cl2N2O2/c31-23-15-9-12-21(18-23)26-19-30(22-13-5-2-6-14-22)27(32)29(36)34(30)25-17-8-7-16-24(25)33(26)28(35)20-10-3-1-4-11-20/h1-18,26-27H,19H2/t26-,27-,30-/m0/s1. The molecule has 2 amide bonds. The number of amides is 2. The summed E-state index contributed by atoms with van der Waals surface area (Å²) in [5.74, 6) is -0.330. The average molecular weight is 513 g/mol. The third-order valence-corrected chi connectivity index (χ3v) is 7.98. The number of β-lactam (4-membered cyclic amide) rings is 1. The number of rotatable bonds is 3. The van der Waals surface area contributed by atoms with Gasteiger partial charge in [-0.1, -0.05) is 84.4 Å². The van der Waals surface area contributed by atoms with Crippen LogP contribution < -0.4 is 9.80 Å². The van der Waals surface area contributed by atoms with E-state index in [1.807, 2.05) is 109 Å². The minimum atomic E-state index is -0.839. The molecule has 4 aromatic carbocycles. The molecular weight excluding hydrogens is 491 g/mol. The molecule has 0 bridgehead atoms. The van der Waals surface area contributed by atoms with Crippen molar-refractivity contribution < 1.29 is 9.59 Å². The number of fused-ring (bicyclic) bond motifs is 3. The summed E-state index contributed by atoms with van der Waals surface area (Å²) in [5.41, 5.74) is 2.85. The van der Waals surface area contributed by atoms with Gasteiger partial charge in [-0.15, -0.1) is 11.6 Å². The highest BCUT2D eigenvalue weighted by molar-refractivity contribution is 6.38. The number of hydrogen-bond donors (Lipinski definition) is 0. The van der Waals surface area contributed by atoms with Gasteiger partial charge in [0.25, 0.3) is 5.91 Å². The van der Waals surface area contributed by atoms with Gasteiger partial charge in [-0.2, -0.15) is 0 Å². The molecule has 36 heavy (non-hydrogen) atoms. The van der Waals surface area contributed by atoms with Crippen LogP contribution in [0.3, 0.4) is 0 Å². The molecule has 6 heteroatoms. The Hall–Kier alpha value is -3.60. The second-order valence-corrected chi connectivity index (χ2v) is 10.0. The van der Waals surface area contributed by atoms with E-state index in [-0.39, 0.29) is 11.8 Å². The summed E-state index contributed by atoms with van der Waals surface area (Å²) in [5, 5.41) is -0.198. The Morgan fingerprint density at radius 3 is 2.14 bits per heavy atom. The van der Waals surface area contributed by atoms with Gasteiger partial charge in [0.2, 0.25) is 5.91 Å². The van der Waals surface area contributed by atoms with Gasteiger partial charge in [-0.05, 0) is 47.5 Å². The van der Waals surface area contributed by atoms with E-state index >= 15 is 0 Å². The molecule has 2 aliphatic heterocycles. The van der Waals surface area contributed by atoms with Crippen LogP contribution in [-0.2, 0) is 10.3 Å². The van der Waals surface area contributed by atoms with E-state index in [9.17, 15) is 9.59 Å². The van der Waals surface area contributed by atoms with Crippen LogP contribution in [0.4, 0.5) is 11.4 Å². The van der Waals surface area contributed by atoms with E-state index in [0.717, 1.165) is 11.1 Å². The van der Waals surface area contributed by atoms with Crippen molar-refractivity contribution in [2.45, 2.75) is 23.4 Å². The van der Waals surface area contributed by atoms with Crippen LogP contribution >= 0.6 is 23.2 Å². The monoisotopic (exact) mass is 512 g/mol. The molecule has 178 valence electrons. The first kappa shape index (κ1) is 22.8. The van der Waals surface area contributed by atoms with Gasteiger partial charge >= 0.3 is 0 Å². The van der Waals surface area contributed by atoms with E-state index in [1.165, 1.54) is 0 Å². The van der Waals surface area contributed by atoms with Crippen LogP contribution in [0.15, 0.2) is 109 Å². The van der Waals surface area contributed by atoms with Gasteiger partial charge in [0.15, 0.2) is 0 Å². The first-order valence-corrected chi connectivity index (χ1v) is 12.6. The molecule has 4 aromatic rings. The van der Waals surface area contributed by atoms with Crippen molar-refractivity contribution in [3.63, 3.8) is 0 Å². The summed E-state index contributed by atoms with van der Waals surface area (Å²) in [7, 11) is 0. The van der Waals surface area contributed by atoms with Crippen molar-refractivity contribution in [2.75, 3.05) is 9.80 Å². The molecule has 0 aliphatic carbocycles. The zero-order valence-electron chi connectivity index (χ0n) is 19.2. The van der Waals surface area contributed by atoms with Crippen molar-refractivity contribution in [2.24, 2.45) is 0 Å². The Morgan fingerprint density at radius 2 is 1.44 bits per heavy atom. The van der Waals surface area contributed by atoms with Crippen LogP contribution in [0.25, 0.3) is 0 Å². The maximum absolute atomic E-state index is 14.2. The molecule has 1 fully saturated rings. The quantitative estimate of drug-likeness (QED) is 0.219. The van der Waals surface area contributed by atoms with Crippen molar-refractivity contribution in [3.05, 3.63) is 131 Å². The van der Waals surface area contributed by atoms with Crippen molar-refractivity contribution in [3.8, 4) is 0 Å². The number of carbonyl (C=O) groups is 2. The average Bonchev–Trinajstić information content (AvgIpc) is 3.05. The zero-order chi connectivity index (χ0) is 24.9. The first-order chi connectivity index (χ1) is 17.5. The molecule has 2 heterocycles. The van der Waals surface area contributed by atoms with Gasteiger partial charge in [0.05, 0.1) is 17.4 Å². The van der Waals surface area contributed by atoms with E-state index in [1.54, 1.807) is 9.80 Å². The highest BCUT2D eigenvalue weighted by Gasteiger charge is 2.64. The van der Waals surface area contributed by atoms with Crippen LogP contribution in [0.5, 0.6) is 0 Å². The zero-order valence-corrected chi connectivity index (χ0v) is 20.7. The first-order valence-electron chi connectivity index (χ1n) is 11.8. The number of carbonyl (C=O) groups excluding carboxylic acids is 2. The molecule has 6 rings (SSSR count). The molecule has 3 atom stereocenters. The minimum absolute atomic E-state index is 0.155. The fraction of sp³-hybridized carbons (Fsp3) is 0.133. The molecule has 0 aromatic heterocycles. The SMILES string of the molecule is O=C(c1ccccc1)N1c2ccccc2N2C(=O)[C@H](Cl)[C@@]2(c2ccccc2)C[C@H]1c1cccc(Cl)c1. The van der Waals surface area contributed by atoms with Crippen LogP contribution in [0.1, 0.15) is 33.9 Å². The summed E-state index contributed by atoms with van der Waals surface area (Å²) in [6, 6.07) is 33.7. The van der Waals surface area contributed by atoms with E-state index in [4.69, 9.17) is 23.2 Å². The van der Waals surface area contributed by atoms with Gasteiger partial charge in [-0.3, -0.25) is 19.4 Å². The van der Waals surface area contributed by atoms with Gasteiger partial charge in [-0.25, -0.2) is 0 Å². The predicted octanol–water partition coefficient (Wildman–Crippen LogP) is 6.98. The lowest BCUT2D eigenvalue weighted by molar-refractivity contribution is -0.127. The topological polar surface area (TPSA) is 40.6 Å². The molecule has 1 saturated heterocycles. The second-order valence-electron chi connectivity index (χ2n) is 9.13. The molecule has 0 radical (unpaired) electrons. The van der Waals surface area contributed by atoms with Crippen LogP contribution in [0.2, 0.25) is 5.02 Å². The van der Waals surface area contributed by atoms with Crippen molar-refractivity contribution in [1.82, 2.24) is 0 Å². The Morgan fingerprint density at radius 1 is 0.806 bits per heavy atom. The number of para-hydroxylation sites is 2. The van der Waals surface area contributed by atoms with Crippen LogP contribution in [-0.4, -0.2) is 17.2 Å². The summed E-state index contributed by atoms with van der Waals surface area (Å²) < 4.78 is 0. The smallest absolute Gasteiger partial charge is 0.258 e. The number of alkyl halides is 1. The Balaban J connectivity index is 1.64. The number of anilines is 2. The Labute approximate surface area is 219 Å². The van der Waals surface area contributed by atoms with Gasteiger partial charge in [0, 0.05) is 17.0 Å². The van der Waals surface area contributed by atoms with Crippen molar-refractivity contribution >= 4 is 46.4 Å². The highest BCUT2D eigenvalue weighted by Crippen LogP contribution is 2.58. The fourth-order valence-electron chi connectivity index (χ4n) is 5.57.